The van der Waals surface area contributed by atoms with Gasteiger partial charge in [-0.2, -0.15) is 25.5 Å². The van der Waals surface area contributed by atoms with E-state index in [1.165, 1.54) is 24.4 Å². The highest BCUT2D eigenvalue weighted by atomic mass is 32.2. The highest BCUT2D eigenvalue weighted by molar-refractivity contribution is 7.91. The fourth-order valence-corrected chi connectivity index (χ4v) is 6.10. The standard InChI is InChI=1S/C27H26F3N2O3S/c28-27(29,30)19-36(34,35)32(16-6-7-20(17-31)18-32)23-14-12-22(13-15-23)26(33)25-11-5-4-10-24(25)21-8-2-1-3-9-21/h1-15,18,26,33H,16-17,19,31H2/q+1. The minimum atomic E-state index is -4.90. The van der Waals surface area contributed by atoms with Crippen LogP contribution in [0, 0.1) is 0 Å². The molecule has 3 aromatic carbocycles. The highest BCUT2D eigenvalue weighted by Gasteiger charge is 2.50. The summed E-state index contributed by atoms with van der Waals surface area (Å²) in [6.45, 7) is -0.230. The van der Waals surface area contributed by atoms with E-state index in [2.05, 4.69) is 0 Å². The third-order valence-electron chi connectivity index (χ3n) is 6.15. The van der Waals surface area contributed by atoms with Crippen LogP contribution in [-0.4, -0.2) is 38.5 Å². The van der Waals surface area contributed by atoms with Gasteiger partial charge in [0.05, 0.1) is 0 Å². The molecule has 4 rings (SSSR count). The van der Waals surface area contributed by atoms with Crippen LogP contribution in [0.25, 0.3) is 11.1 Å². The Morgan fingerprint density at radius 2 is 1.58 bits per heavy atom. The van der Waals surface area contributed by atoms with E-state index >= 15 is 0 Å². The van der Waals surface area contributed by atoms with Crippen molar-refractivity contribution >= 4 is 15.7 Å². The first-order valence-corrected chi connectivity index (χ1v) is 12.9. The van der Waals surface area contributed by atoms with Crippen LogP contribution in [0.3, 0.4) is 0 Å². The van der Waals surface area contributed by atoms with E-state index < -0.39 is 31.9 Å². The lowest BCUT2D eigenvalue weighted by Gasteiger charge is -2.34. The van der Waals surface area contributed by atoms with E-state index in [0.717, 1.165) is 11.1 Å². The maximum absolute atomic E-state index is 13.2. The highest BCUT2D eigenvalue weighted by Crippen LogP contribution is 2.37. The molecule has 1 heterocycles. The molecule has 0 aliphatic carbocycles. The van der Waals surface area contributed by atoms with Crippen LogP contribution in [0.15, 0.2) is 103 Å². The minimum absolute atomic E-state index is 0.0227. The molecule has 2 unspecified atom stereocenters. The number of alkyl halides is 3. The molecule has 1 aliphatic rings. The zero-order chi connectivity index (χ0) is 26.0. The summed E-state index contributed by atoms with van der Waals surface area (Å²) in [5.41, 5.74) is 9.10. The number of benzene rings is 3. The van der Waals surface area contributed by atoms with Crippen molar-refractivity contribution in [1.82, 2.24) is 3.89 Å². The smallest absolute Gasteiger partial charge is 0.384 e. The summed E-state index contributed by atoms with van der Waals surface area (Å²) in [4.78, 5) is 0. The number of aliphatic hydroxyl groups excluding tert-OH is 1. The molecule has 5 nitrogen and oxygen atoms in total. The van der Waals surface area contributed by atoms with E-state index in [9.17, 15) is 26.7 Å². The van der Waals surface area contributed by atoms with Gasteiger partial charge >= 0.3 is 16.2 Å². The van der Waals surface area contributed by atoms with Gasteiger partial charge in [0.2, 0.25) is 0 Å². The number of sulfonamides is 1. The van der Waals surface area contributed by atoms with Gasteiger partial charge in [-0.05, 0) is 28.3 Å². The van der Waals surface area contributed by atoms with Crippen LogP contribution in [0.4, 0.5) is 18.9 Å². The van der Waals surface area contributed by atoms with Crippen LogP contribution in [-0.2, 0) is 10.0 Å². The summed E-state index contributed by atoms with van der Waals surface area (Å²) in [6.07, 6.45) is -1.56. The topological polar surface area (TPSA) is 80.4 Å². The second kappa shape index (κ2) is 10.0. The maximum atomic E-state index is 13.2. The number of aliphatic hydroxyl groups is 1. The van der Waals surface area contributed by atoms with Gasteiger partial charge in [0.15, 0.2) is 11.4 Å². The van der Waals surface area contributed by atoms with Gasteiger partial charge in [-0.3, -0.25) is 0 Å². The van der Waals surface area contributed by atoms with E-state index in [-0.39, 0.29) is 18.8 Å². The Morgan fingerprint density at radius 1 is 0.944 bits per heavy atom. The number of hydrogen-bond donors (Lipinski definition) is 2. The van der Waals surface area contributed by atoms with Crippen LogP contribution < -0.4 is 9.62 Å². The number of nitrogens with zero attached hydrogens (tertiary/aromatic N) is 1. The molecule has 9 heteroatoms. The van der Waals surface area contributed by atoms with Gasteiger partial charge in [0.1, 0.15) is 18.8 Å². The third kappa shape index (κ3) is 5.15. The molecule has 3 aromatic rings. The van der Waals surface area contributed by atoms with Crippen molar-refractivity contribution in [2.24, 2.45) is 5.73 Å². The molecule has 0 amide bonds. The average molecular weight is 516 g/mol. The van der Waals surface area contributed by atoms with Crippen molar-refractivity contribution < 1.29 is 26.7 Å². The summed E-state index contributed by atoms with van der Waals surface area (Å²) in [5.74, 6) is -1.98. The monoisotopic (exact) mass is 515 g/mol. The minimum Gasteiger partial charge on any atom is -0.384 e. The molecule has 3 N–H and O–H groups in total. The lowest BCUT2D eigenvalue weighted by molar-refractivity contribution is -0.106. The van der Waals surface area contributed by atoms with Crippen molar-refractivity contribution in [2.45, 2.75) is 12.3 Å². The average Bonchev–Trinajstić information content (AvgIpc) is 2.87. The number of nitrogens with two attached hydrogens (primary N) is 1. The van der Waals surface area contributed by atoms with Crippen molar-refractivity contribution in [3.63, 3.8) is 0 Å². The first-order chi connectivity index (χ1) is 17.1. The summed E-state index contributed by atoms with van der Waals surface area (Å²) in [6, 6.07) is 22.9. The second-order valence-electron chi connectivity index (χ2n) is 8.58. The fraction of sp³-hybridized carbons (Fsp3) is 0.185. The quantitative estimate of drug-likeness (QED) is 0.432. The summed E-state index contributed by atoms with van der Waals surface area (Å²) < 4.78 is 64.8. The third-order valence-corrected chi connectivity index (χ3v) is 8.30. The maximum Gasteiger partial charge on any atom is 0.408 e. The van der Waals surface area contributed by atoms with Gasteiger partial charge in [0.25, 0.3) is 0 Å². The second-order valence-corrected chi connectivity index (χ2v) is 10.7. The molecule has 0 saturated carbocycles. The van der Waals surface area contributed by atoms with E-state index in [4.69, 9.17) is 5.73 Å². The molecular formula is C27H26F3N2O3S+. The number of quaternary nitrogens is 1. The predicted octanol–water partition coefficient (Wildman–Crippen LogP) is 5.05. The summed E-state index contributed by atoms with van der Waals surface area (Å²) >= 11 is 0. The predicted molar refractivity (Wildman–Crippen MR) is 135 cm³/mol. The van der Waals surface area contributed by atoms with Gasteiger partial charge in [-0.1, -0.05) is 72.8 Å². The number of halogens is 3. The van der Waals surface area contributed by atoms with Gasteiger partial charge < -0.3 is 10.8 Å². The van der Waals surface area contributed by atoms with E-state index in [0.29, 0.717) is 16.7 Å². The zero-order valence-corrected chi connectivity index (χ0v) is 20.1. The van der Waals surface area contributed by atoms with Crippen LogP contribution in [0.2, 0.25) is 0 Å². The van der Waals surface area contributed by atoms with Gasteiger partial charge in [-0.15, -0.1) is 0 Å². The van der Waals surface area contributed by atoms with Crippen molar-refractivity contribution in [1.29, 1.82) is 0 Å². The van der Waals surface area contributed by atoms with Gasteiger partial charge in [-0.25, -0.2) is 0 Å². The normalized spacial score (nSPS) is 19.1. The Balaban J connectivity index is 1.75. The lowest BCUT2D eigenvalue weighted by atomic mass is 9.93. The number of rotatable bonds is 7. The Hall–Kier alpha value is -3.24. The van der Waals surface area contributed by atoms with Crippen molar-refractivity contribution in [3.8, 4) is 11.1 Å². The Kier molecular flexibility index (Phi) is 7.19. The molecule has 36 heavy (non-hydrogen) atoms. The molecular weight excluding hydrogens is 489 g/mol. The molecule has 0 fully saturated rings. The number of hydrogen-bond acceptors (Lipinski definition) is 4. The van der Waals surface area contributed by atoms with Crippen molar-refractivity contribution in [2.75, 3.05) is 18.8 Å². The lowest BCUT2D eigenvalue weighted by Crippen LogP contribution is -2.54. The molecule has 0 radical (unpaired) electrons. The fourth-order valence-electron chi connectivity index (χ4n) is 4.41. The summed E-state index contributed by atoms with van der Waals surface area (Å²) in [5, 5.41) is 11.2. The van der Waals surface area contributed by atoms with E-state index in [1.807, 2.05) is 48.5 Å². The first kappa shape index (κ1) is 25.8. The zero-order valence-electron chi connectivity index (χ0n) is 19.3. The largest absolute Gasteiger partial charge is 0.408 e. The van der Waals surface area contributed by atoms with E-state index in [1.54, 1.807) is 24.3 Å². The molecule has 2 atom stereocenters. The van der Waals surface area contributed by atoms with Crippen LogP contribution >= 0.6 is 0 Å². The molecule has 0 spiro atoms. The first-order valence-electron chi connectivity index (χ1n) is 11.2. The Bertz CT molecular complexity index is 1390. The van der Waals surface area contributed by atoms with Crippen LogP contribution in [0.1, 0.15) is 17.2 Å². The van der Waals surface area contributed by atoms with Crippen LogP contribution in [0.5, 0.6) is 0 Å². The Labute approximate surface area is 208 Å². The molecule has 0 bridgehead atoms. The van der Waals surface area contributed by atoms with Gasteiger partial charge in [0, 0.05) is 24.3 Å². The molecule has 0 aromatic heterocycles. The molecule has 1 aliphatic heterocycles. The molecule has 188 valence electrons. The van der Waals surface area contributed by atoms with Crippen molar-refractivity contribution in [3.05, 3.63) is 114 Å². The summed E-state index contributed by atoms with van der Waals surface area (Å²) in [7, 11) is -4.76. The SMILES string of the molecule is NCC1=C[N+](c2ccc(C(O)c3ccccc3-c3ccccc3)cc2)(S(=O)(=O)CC(F)(F)F)CC=C1. The Morgan fingerprint density at radius 3 is 2.22 bits per heavy atom. The molecule has 0 saturated heterocycles.